The zero-order valence-corrected chi connectivity index (χ0v) is 17.4. The molecule has 0 radical (unpaired) electrons. The van der Waals surface area contributed by atoms with Crippen molar-refractivity contribution >= 4 is 43.4 Å². The first kappa shape index (κ1) is 18.5. The Morgan fingerprint density at radius 1 is 1.41 bits per heavy atom. The number of rotatable bonds is 6. The van der Waals surface area contributed by atoms with E-state index >= 15 is 0 Å². The molecular formula is C20H21BrN2O3S. The number of nitrogens with zero attached hydrogens (tertiary/aromatic N) is 1. The van der Waals surface area contributed by atoms with Crippen LogP contribution < -0.4 is 10.1 Å². The number of halogens is 1. The summed E-state index contributed by atoms with van der Waals surface area (Å²) < 4.78 is 15.2. The average Bonchev–Trinajstić information content (AvgIpc) is 3.38. The highest BCUT2D eigenvalue weighted by Gasteiger charge is 2.21. The van der Waals surface area contributed by atoms with Crippen LogP contribution >= 0.6 is 27.3 Å². The van der Waals surface area contributed by atoms with Gasteiger partial charge in [0.05, 0.1) is 27.2 Å². The summed E-state index contributed by atoms with van der Waals surface area (Å²) in [7, 11) is 1.66. The number of methoxy groups -OCH3 is 1. The van der Waals surface area contributed by atoms with Crippen molar-refractivity contribution in [1.29, 1.82) is 0 Å². The van der Waals surface area contributed by atoms with Gasteiger partial charge in [-0.15, -0.1) is 11.3 Å². The molecule has 1 N–H and O–H groups in total. The molecule has 1 aromatic carbocycles. The SMILES string of the molecule is COc1cccc(Cn2c(C(=O)NCC3CCCO3)cc3sc(Br)cc32)c1. The third kappa shape index (κ3) is 4.05. The van der Waals surface area contributed by atoms with Crippen LogP contribution in [0.1, 0.15) is 28.9 Å². The van der Waals surface area contributed by atoms with Crippen molar-refractivity contribution in [2.45, 2.75) is 25.5 Å². The van der Waals surface area contributed by atoms with Crippen molar-refractivity contribution in [2.24, 2.45) is 0 Å². The Balaban J connectivity index is 1.62. The highest BCUT2D eigenvalue weighted by Crippen LogP contribution is 2.33. The first-order chi connectivity index (χ1) is 13.1. The van der Waals surface area contributed by atoms with Crippen molar-refractivity contribution in [3.63, 3.8) is 0 Å². The minimum absolute atomic E-state index is 0.0621. The number of aromatic nitrogens is 1. The molecular weight excluding hydrogens is 428 g/mol. The third-order valence-electron chi connectivity index (χ3n) is 4.78. The Hall–Kier alpha value is -1.83. The fourth-order valence-electron chi connectivity index (χ4n) is 3.43. The number of amides is 1. The van der Waals surface area contributed by atoms with E-state index in [1.54, 1.807) is 18.4 Å². The fraction of sp³-hybridized carbons (Fsp3) is 0.350. The molecule has 1 saturated heterocycles. The van der Waals surface area contributed by atoms with Crippen molar-refractivity contribution in [3.05, 3.63) is 51.4 Å². The van der Waals surface area contributed by atoms with Crippen LogP contribution in [-0.4, -0.2) is 36.8 Å². The van der Waals surface area contributed by atoms with E-state index in [4.69, 9.17) is 9.47 Å². The van der Waals surface area contributed by atoms with Crippen molar-refractivity contribution in [1.82, 2.24) is 9.88 Å². The minimum atomic E-state index is -0.0621. The first-order valence-corrected chi connectivity index (χ1v) is 10.6. The second kappa shape index (κ2) is 8.04. The maximum Gasteiger partial charge on any atom is 0.268 e. The summed E-state index contributed by atoms with van der Waals surface area (Å²) >= 11 is 5.18. The van der Waals surface area contributed by atoms with Gasteiger partial charge in [0.2, 0.25) is 0 Å². The number of ether oxygens (including phenoxy) is 2. The van der Waals surface area contributed by atoms with Crippen molar-refractivity contribution < 1.29 is 14.3 Å². The van der Waals surface area contributed by atoms with E-state index in [9.17, 15) is 4.79 Å². The topological polar surface area (TPSA) is 52.5 Å². The Morgan fingerprint density at radius 2 is 2.30 bits per heavy atom. The molecule has 4 rings (SSSR count). The van der Waals surface area contributed by atoms with E-state index in [1.807, 2.05) is 30.3 Å². The van der Waals surface area contributed by atoms with Gasteiger partial charge in [-0.2, -0.15) is 0 Å². The summed E-state index contributed by atoms with van der Waals surface area (Å²) in [6.45, 7) is 1.95. The van der Waals surface area contributed by atoms with Crippen molar-refractivity contribution in [2.75, 3.05) is 20.3 Å². The lowest BCUT2D eigenvalue weighted by atomic mass is 10.2. The zero-order chi connectivity index (χ0) is 18.8. The summed E-state index contributed by atoms with van der Waals surface area (Å²) in [5.41, 5.74) is 2.81. The van der Waals surface area contributed by atoms with E-state index in [1.165, 1.54) is 0 Å². The quantitative estimate of drug-likeness (QED) is 0.606. The molecule has 1 unspecified atom stereocenters. The third-order valence-corrected chi connectivity index (χ3v) is 6.36. The molecule has 1 aliphatic heterocycles. The molecule has 5 nitrogen and oxygen atoms in total. The van der Waals surface area contributed by atoms with E-state index in [2.05, 4.69) is 31.9 Å². The summed E-state index contributed by atoms with van der Waals surface area (Å²) in [6, 6.07) is 12.0. The predicted molar refractivity (Wildman–Crippen MR) is 111 cm³/mol. The fourth-order valence-corrected chi connectivity index (χ4v) is 4.99. The van der Waals surface area contributed by atoms with Crippen LogP contribution in [0.5, 0.6) is 5.75 Å². The number of nitrogens with one attached hydrogen (secondary N) is 1. The molecule has 2 aromatic heterocycles. The first-order valence-electron chi connectivity index (χ1n) is 8.95. The van der Waals surface area contributed by atoms with Gasteiger partial charge in [0.15, 0.2) is 0 Å². The van der Waals surface area contributed by atoms with Gasteiger partial charge in [-0.1, -0.05) is 12.1 Å². The predicted octanol–water partition coefficient (Wildman–Crippen LogP) is 4.43. The van der Waals surface area contributed by atoms with Crippen LogP contribution in [0.15, 0.2) is 40.2 Å². The molecule has 0 saturated carbocycles. The molecule has 1 aliphatic rings. The molecule has 142 valence electrons. The summed E-state index contributed by atoms with van der Waals surface area (Å²) in [4.78, 5) is 12.9. The highest BCUT2D eigenvalue weighted by molar-refractivity contribution is 9.11. The maximum absolute atomic E-state index is 12.9. The molecule has 0 bridgehead atoms. The van der Waals surface area contributed by atoms with Crippen LogP contribution in [0.2, 0.25) is 0 Å². The number of hydrogen-bond donors (Lipinski definition) is 1. The lowest BCUT2D eigenvalue weighted by molar-refractivity contribution is 0.0851. The number of hydrogen-bond acceptors (Lipinski definition) is 4. The monoisotopic (exact) mass is 448 g/mol. The maximum atomic E-state index is 12.9. The van der Waals surface area contributed by atoms with Gasteiger partial charge in [-0.25, -0.2) is 0 Å². The van der Waals surface area contributed by atoms with E-state index in [0.717, 1.165) is 44.8 Å². The molecule has 3 aromatic rings. The van der Waals surface area contributed by atoms with E-state index < -0.39 is 0 Å². The van der Waals surface area contributed by atoms with E-state index in [0.29, 0.717) is 18.8 Å². The number of thiophene rings is 1. The Morgan fingerprint density at radius 3 is 3.07 bits per heavy atom. The molecule has 1 amide bonds. The van der Waals surface area contributed by atoms with Crippen LogP contribution in [0.25, 0.3) is 10.2 Å². The van der Waals surface area contributed by atoms with E-state index in [-0.39, 0.29) is 12.0 Å². The second-order valence-corrected chi connectivity index (χ2v) is 9.08. The molecule has 0 spiro atoms. The number of carbonyl (C=O) groups is 1. The average molecular weight is 449 g/mol. The summed E-state index contributed by atoms with van der Waals surface area (Å²) in [5.74, 6) is 0.750. The van der Waals surface area contributed by atoms with Gasteiger partial charge in [0.25, 0.3) is 5.91 Å². The van der Waals surface area contributed by atoms with Gasteiger partial charge in [-0.05, 0) is 58.6 Å². The van der Waals surface area contributed by atoms with Gasteiger partial charge >= 0.3 is 0 Å². The summed E-state index contributed by atoms with van der Waals surface area (Å²) in [5, 5.41) is 3.04. The zero-order valence-electron chi connectivity index (χ0n) is 15.0. The Bertz CT molecular complexity index is 959. The van der Waals surface area contributed by atoms with Gasteiger partial charge in [0, 0.05) is 19.7 Å². The molecule has 1 atom stereocenters. The standard InChI is InChI=1S/C20H21BrN2O3S/c1-25-14-5-2-4-13(8-14)12-23-16-10-19(21)27-18(16)9-17(23)20(24)22-11-15-6-3-7-26-15/h2,4-5,8-10,15H,3,6-7,11-12H2,1H3,(H,22,24). The van der Waals surface area contributed by atoms with Crippen LogP contribution in [0.3, 0.4) is 0 Å². The number of carbonyl (C=O) groups excluding carboxylic acids is 1. The van der Waals surface area contributed by atoms with Crippen molar-refractivity contribution in [3.8, 4) is 5.75 Å². The van der Waals surface area contributed by atoms with Crippen LogP contribution in [0, 0.1) is 0 Å². The molecule has 27 heavy (non-hydrogen) atoms. The second-order valence-electron chi connectivity index (χ2n) is 6.61. The summed E-state index contributed by atoms with van der Waals surface area (Å²) in [6.07, 6.45) is 2.20. The Labute approximate surface area is 170 Å². The molecule has 0 aliphatic carbocycles. The largest absolute Gasteiger partial charge is 0.497 e. The van der Waals surface area contributed by atoms with Gasteiger partial charge in [-0.3, -0.25) is 4.79 Å². The minimum Gasteiger partial charge on any atom is -0.497 e. The van der Waals surface area contributed by atoms with Crippen LogP contribution in [0.4, 0.5) is 0 Å². The lowest BCUT2D eigenvalue weighted by Crippen LogP contribution is -2.33. The molecule has 3 heterocycles. The number of fused-ring (bicyclic) bond motifs is 1. The van der Waals surface area contributed by atoms with Gasteiger partial charge in [0.1, 0.15) is 11.4 Å². The van der Waals surface area contributed by atoms with Crippen LogP contribution in [-0.2, 0) is 11.3 Å². The normalized spacial score (nSPS) is 16.7. The molecule has 7 heteroatoms. The smallest absolute Gasteiger partial charge is 0.268 e. The highest BCUT2D eigenvalue weighted by atomic mass is 79.9. The lowest BCUT2D eigenvalue weighted by Gasteiger charge is -2.14. The molecule has 1 fully saturated rings. The number of benzene rings is 1. The Kier molecular flexibility index (Phi) is 5.52. The van der Waals surface area contributed by atoms with Gasteiger partial charge < -0.3 is 19.4 Å².